The van der Waals surface area contributed by atoms with Crippen LogP contribution in [0.1, 0.15) is 30.0 Å². The maximum atomic E-state index is 12.6. The van der Waals surface area contributed by atoms with Crippen LogP contribution >= 0.6 is 0 Å². The summed E-state index contributed by atoms with van der Waals surface area (Å²) in [6.45, 7) is 3.76. The zero-order valence-corrected chi connectivity index (χ0v) is 17.1. The van der Waals surface area contributed by atoms with Gasteiger partial charge < -0.3 is 14.8 Å². The number of nitrogens with one attached hydrogen (secondary N) is 1. The Morgan fingerprint density at radius 2 is 1.77 bits per heavy atom. The first-order valence-electron chi connectivity index (χ1n) is 10.3. The molecule has 0 saturated carbocycles. The lowest BCUT2D eigenvalue weighted by Gasteiger charge is -2.17. The third-order valence-corrected chi connectivity index (χ3v) is 5.57. The number of hydrogen-bond acceptors (Lipinski definition) is 3. The lowest BCUT2D eigenvalue weighted by atomic mass is 10.1. The van der Waals surface area contributed by atoms with Gasteiger partial charge in [-0.2, -0.15) is 0 Å². The van der Waals surface area contributed by atoms with E-state index in [0.717, 1.165) is 24.2 Å². The Bertz CT molecular complexity index is 995. The van der Waals surface area contributed by atoms with Crippen LogP contribution in [-0.4, -0.2) is 27.9 Å². The van der Waals surface area contributed by atoms with E-state index in [1.165, 1.54) is 11.1 Å². The number of carbonyl (C=O) groups excluding carboxylic acids is 2. The highest BCUT2D eigenvalue weighted by Gasteiger charge is 2.34. The van der Waals surface area contributed by atoms with Gasteiger partial charge in [0.2, 0.25) is 11.8 Å². The van der Waals surface area contributed by atoms with Crippen molar-refractivity contribution >= 4 is 17.5 Å². The molecule has 1 unspecified atom stereocenters. The van der Waals surface area contributed by atoms with Crippen molar-refractivity contribution in [3.63, 3.8) is 0 Å². The first kappa shape index (κ1) is 19.9. The van der Waals surface area contributed by atoms with E-state index in [-0.39, 0.29) is 24.2 Å². The maximum Gasteiger partial charge on any atom is 0.227 e. The summed E-state index contributed by atoms with van der Waals surface area (Å²) in [5.41, 5.74) is 4.31. The van der Waals surface area contributed by atoms with Crippen LogP contribution in [0.5, 0.6) is 0 Å². The average molecular weight is 402 g/mol. The van der Waals surface area contributed by atoms with E-state index in [4.69, 9.17) is 0 Å². The van der Waals surface area contributed by atoms with Crippen LogP contribution in [-0.2, 0) is 29.1 Å². The lowest BCUT2D eigenvalue weighted by Crippen LogP contribution is -2.32. The van der Waals surface area contributed by atoms with Crippen molar-refractivity contribution < 1.29 is 9.59 Å². The molecule has 2 heterocycles. The number of rotatable bonds is 7. The molecule has 0 aliphatic carbocycles. The van der Waals surface area contributed by atoms with Crippen LogP contribution in [0.4, 0.5) is 5.69 Å². The van der Waals surface area contributed by atoms with Gasteiger partial charge in [-0.3, -0.25) is 9.59 Å². The largest absolute Gasteiger partial charge is 0.352 e. The summed E-state index contributed by atoms with van der Waals surface area (Å²) in [5.74, 6) is -0.384. The Hall–Kier alpha value is -3.41. The number of carbonyl (C=O) groups is 2. The second kappa shape index (κ2) is 8.95. The number of benzene rings is 2. The van der Waals surface area contributed by atoms with Crippen molar-refractivity contribution in [1.29, 1.82) is 0 Å². The van der Waals surface area contributed by atoms with Gasteiger partial charge in [0.15, 0.2) is 0 Å². The van der Waals surface area contributed by atoms with Crippen molar-refractivity contribution in [3.8, 4) is 0 Å². The Kier molecular flexibility index (Phi) is 5.93. The zero-order chi connectivity index (χ0) is 20.9. The van der Waals surface area contributed by atoms with E-state index >= 15 is 0 Å². The van der Waals surface area contributed by atoms with Gasteiger partial charge in [0, 0.05) is 44.1 Å². The third-order valence-electron chi connectivity index (χ3n) is 5.57. The minimum atomic E-state index is -0.316. The number of amides is 2. The number of aromatic nitrogens is 2. The molecule has 4 rings (SSSR count). The number of hydrogen-bond donors (Lipinski definition) is 1. The first-order valence-corrected chi connectivity index (χ1v) is 10.3. The average Bonchev–Trinajstić information content (AvgIpc) is 3.43. The Labute approximate surface area is 176 Å². The van der Waals surface area contributed by atoms with Crippen molar-refractivity contribution in [2.75, 3.05) is 11.4 Å². The van der Waals surface area contributed by atoms with E-state index in [2.05, 4.69) is 29.4 Å². The molecular weight excluding hydrogens is 376 g/mol. The summed E-state index contributed by atoms with van der Waals surface area (Å²) in [6, 6.07) is 16.1. The van der Waals surface area contributed by atoms with E-state index in [1.54, 1.807) is 17.4 Å². The van der Waals surface area contributed by atoms with Gasteiger partial charge in [-0.15, -0.1) is 0 Å². The SMILES string of the molecule is CCc1ccc(N2CC(C(=O)NCc3ccc(Cn4ccnc4)cc3)CC2=O)cc1. The summed E-state index contributed by atoms with van der Waals surface area (Å²) >= 11 is 0. The van der Waals surface area contributed by atoms with E-state index < -0.39 is 0 Å². The minimum Gasteiger partial charge on any atom is -0.352 e. The smallest absolute Gasteiger partial charge is 0.227 e. The van der Waals surface area contributed by atoms with Crippen LogP contribution in [0.15, 0.2) is 67.3 Å². The van der Waals surface area contributed by atoms with Crippen LogP contribution in [0.2, 0.25) is 0 Å². The van der Waals surface area contributed by atoms with Gasteiger partial charge in [-0.05, 0) is 35.2 Å². The molecule has 6 heteroatoms. The molecule has 0 bridgehead atoms. The standard InChI is InChI=1S/C24H26N4O2/c1-2-18-7-9-22(10-8-18)28-16-21(13-23(28)29)24(30)26-14-19-3-5-20(6-4-19)15-27-12-11-25-17-27/h3-12,17,21H,2,13-16H2,1H3,(H,26,30). The predicted octanol–water partition coefficient (Wildman–Crippen LogP) is 3.16. The molecule has 2 amide bonds. The Morgan fingerprint density at radius 1 is 1.07 bits per heavy atom. The van der Waals surface area contributed by atoms with Crippen LogP contribution < -0.4 is 10.2 Å². The fraction of sp³-hybridized carbons (Fsp3) is 0.292. The molecule has 1 aliphatic rings. The number of aryl methyl sites for hydroxylation is 1. The highest BCUT2D eigenvalue weighted by molar-refractivity contribution is 6.00. The molecule has 1 saturated heterocycles. The molecule has 1 N–H and O–H groups in total. The molecule has 6 nitrogen and oxygen atoms in total. The zero-order valence-electron chi connectivity index (χ0n) is 17.1. The monoisotopic (exact) mass is 402 g/mol. The third kappa shape index (κ3) is 4.59. The van der Waals surface area contributed by atoms with Gasteiger partial charge in [0.1, 0.15) is 0 Å². The molecule has 0 spiro atoms. The second-order valence-corrected chi connectivity index (χ2v) is 7.69. The predicted molar refractivity (Wildman–Crippen MR) is 116 cm³/mol. The highest BCUT2D eigenvalue weighted by atomic mass is 16.2. The maximum absolute atomic E-state index is 12.6. The van der Waals surface area contributed by atoms with Crippen LogP contribution in [0.25, 0.3) is 0 Å². The van der Waals surface area contributed by atoms with E-state index in [9.17, 15) is 9.59 Å². The quantitative estimate of drug-likeness (QED) is 0.660. The van der Waals surface area contributed by atoms with E-state index in [0.29, 0.717) is 13.1 Å². The van der Waals surface area contributed by atoms with Gasteiger partial charge in [0.25, 0.3) is 0 Å². The van der Waals surface area contributed by atoms with Crippen molar-refractivity contribution in [3.05, 3.63) is 83.9 Å². The molecule has 0 radical (unpaired) electrons. The fourth-order valence-corrected chi connectivity index (χ4v) is 3.73. The lowest BCUT2D eigenvalue weighted by molar-refractivity contribution is -0.126. The molecule has 3 aromatic rings. The molecule has 1 aromatic heterocycles. The highest BCUT2D eigenvalue weighted by Crippen LogP contribution is 2.25. The second-order valence-electron chi connectivity index (χ2n) is 7.69. The Morgan fingerprint density at radius 3 is 2.43 bits per heavy atom. The van der Waals surface area contributed by atoms with Crippen molar-refractivity contribution in [2.24, 2.45) is 5.92 Å². The van der Waals surface area contributed by atoms with Crippen LogP contribution in [0, 0.1) is 5.92 Å². The normalized spacial score (nSPS) is 16.1. The fourth-order valence-electron chi connectivity index (χ4n) is 3.73. The molecule has 1 aliphatic heterocycles. The van der Waals surface area contributed by atoms with Gasteiger partial charge >= 0.3 is 0 Å². The van der Waals surface area contributed by atoms with E-state index in [1.807, 2.05) is 47.2 Å². The van der Waals surface area contributed by atoms with Gasteiger partial charge in [0.05, 0.1) is 12.2 Å². The summed E-state index contributed by atoms with van der Waals surface area (Å²) in [5, 5.41) is 2.98. The summed E-state index contributed by atoms with van der Waals surface area (Å²) in [4.78, 5) is 30.8. The summed E-state index contributed by atoms with van der Waals surface area (Å²) < 4.78 is 2.01. The number of imidazole rings is 1. The summed E-state index contributed by atoms with van der Waals surface area (Å²) in [6.07, 6.45) is 6.70. The minimum absolute atomic E-state index is 0.00301. The molecule has 1 atom stereocenters. The molecule has 2 aromatic carbocycles. The topological polar surface area (TPSA) is 67.2 Å². The van der Waals surface area contributed by atoms with Crippen LogP contribution in [0.3, 0.4) is 0 Å². The van der Waals surface area contributed by atoms with Crippen molar-refractivity contribution in [2.45, 2.75) is 32.9 Å². The van der Waals surface area contributed by atoms with Gasteiger partial charge in [-0.25, -0.2) is 4.98 Å². The number of nitrogens with zero attached hydrogens (tertiary/aromatic N) is 3. The molecule has 30 heavy (non-hydrogen) atoms. The van der Waals surface area contributed by atoms with Gasteiger partial charge in [-0.1, -0.05) is 43.3 Å². The molecular formula is C24H26N4O2. The molecule has 1 fully saturated rings. The molecule has 154 valence electrons. The first-order chi connectivity index (χ1) is 14.6. The summed E-state index contributed by atoms with van der Waals surface area (Å²) in [7, 11) is 0. The number of anilines is 1. The van der Waals surface area contributed by atoms with Crippen molar-refractivity contribution in [1.82, 2.24) is 14.9 Å². The Balaban J connectivity index is 1.30.